The van der Waals surface area contributed by atoms with Crippen LogP contribution in [0.5, 0.6) is 0 Å². The summed E-state index contributed by atoms with van der Waals surface area (Å²) < 4.78 is 26.4. The first kappa shape index (κ1) is 14.9. The molecule has 3 rings (SSSR count). The summed E-state index contributed by atoms with van der Waals surface area (Å²) in [4.78, 5) is 6.58. The van der Waals surface area contributed by atoms with Gasteiger partial charge in [0, 0.05) is 44.1 Å². The van der Waals surface area contributed by atoms with Crippen molar-refractivity contribution in [3.05, 3.63) is 30.1 Å². The summed E-state index contributed by atoms with van der Waals surface area (Å²) in [5.74, 6) is 0.277. The van der Waals surface area contributed by atoms with Crippen LogP contribution in [0.3, 0.4) is 0 Å². The van der Waals surface area contributed by atoms with E-state index in [1.165, 1.54) is 5.56 Å². The SMILES string of the molecule is CCCS(=O)(=O)N1CC[C@@H]2[C@@H]1CCN2Cc1cccnc1. The van der Waals surface area contributed by atoms with E-state index in [0.717, 1.165) is 25.9 Å². The van der Waals surface area contributed by atoms with Gasteiger partial charge in [0.1, 0.15) is 0 Å². The molecule has 0 unspecified atom stereocenters. The molecule has 5 nitrogen and oxygen atoms in total. The Balaban J connectivity index is 1.69. The van der Waals surface area contributed by atoms with Gasteiger partial charge in [-0.1, -0.05) is 13.0 Å². The van der Waals surface area contributed by atoms with E-state index in [1.807, 2.05) is 19.2 Å². The Morgan fingerprint density at radius 2 is 2.10 bits per heavy atom. The normalized spacial score (nSPS) is 27.1. The molecule has 21 heavy (non-hydrogen) atoms. The summed E-state index contributed by atoms with van der Waals surface area (Å²) >= 11 is 0. The Bertz CT molecular complexity index is 576. The van der Waals surface area contributed by atoms with Crippen molar-refractivity contribution in [3.63, 3.8) is 0 Å². The number of hydrogen-bond acceptors (Lipinski definition) is 4. The Morgan fingerprint density at radius 3 is 2.81 bits per heavy atom. The number of likely N-dealkylation sites (tertiary alicyclic amines) is 1. The molecule has 0 aliphatic carbocycles. The number of pyridine rings is 1. The van der Waals surface area contributed by atoms with Crippen molar-refractivity contribution < 1.29 is 8.42 Å². The molecule has 116 valence electrons. The van der Waals surface area contributed by atoms with E-state index in [9.17, 15) is 8.42 Å². The monoisotopic (exact) mass is 309 g/mol. The van der Waals surface area contributed by atoms with Crippen molar-refractivity contribution in [1.82, 2.24) is 14.2 Å². The van der Waals surface area contributed by atoms with Crippen LogP contribution in [0.1, 0.15) is 31.7 Å². The summed E-state index contributed by atoms with van der Waals surface area (Å²) in [6.45, 7) is 4.45. The van der Waals surface area contributed by atoms with Crippen LogP contribution >= 0.6 is 0 Å². The third-order valence-electron chi connectivity index (χ3n) is 4.57. The Labute approximate surface area is 127 Å². The Hall–Kier alpha value is -0.980. The summed E-state index contributed by atoms with van der Waals surface area (Å²) in [7, 11) is -3.07. The average Bonchev–Trinajstić information content (AvgIpc) is 3.03. The highest BCUT2D eigenvalue weighted by molar-refractivity contribution is 7.89. The first-order valence-corrected chi connectivity index (χ1v) is 9.35. The van der Waals surface area contributed by atoms with Crippen LogP contribution < -0.4 is 0 Å². The zero-order valence-electron chi connectivity index (χ0n) is 12.5. The Morgan fingerprint density at radius 1 is 1.29 bits per heavy atom. The average molecular weight is 309 g/mol. The minimum absolute atomic E-state index is 0.179. The third-order valence-corrected chi connectivity index (χ3v) is 6.66. The number of rotatable bonds is 5. The number of sulfonamides is 1. The number of aromatic nitrogens is 1. The fourth-order valence-electron chi connectivity index (χ4n) is 3.68. The maximum Gasteiger partial charge on any atom is 0.214 e. The predicted molar refractivity (Wildman–Crippen MR) is 82.2 cm³/mol. The lowest BCUT2D eigenvalue weighted by atomic mass is 10.1. The van der Waals surface area contributed by atoms with E-state index in [1.54, 1.807) is 10.5 Å². The lowest BCUT2D eigenvalue weighted by Gasteiger charge is -2.25. The molecule has 2 saturated heterocycles. The number of hydrogen-bond donors (Lipinski definition) is 0. The van der Waals surface area contributed by atoms with Crippen molar-refractivity contribution in [2.24, 2.45) is 0 Å². The minimum Gasteiger partial charge on any atom is -0.294 e. The maximum atomic E-state index is 12.3. The van der Waals surface area contributed by atoms with Crippen LogP contribution in [-0.4, -0.2) is 53.5 Å². The molecule has 1 aromatic rings. The van der Waals surface area contributed by atoms with Crippen molar-refractivity contribution >= 4 is 10.0 Å². The second kappa shape index (κ2) is 6.02. The fourth-order valence-corrected chi connectivity index (χ4v) is 5.47. The zero-order valence-corrected chi connectivity index (χ0v) is 13.3. The quantitative estimate of drug-likeness (QED) is 0.826. The maximum absolute atomic E-state index is 12.3. The molecule has 6 heteroatoms. The molecule has 3 heterocycles. The van der Waals surface area contributed by atoms with Crippen molar-refractivity contribution in [3.8, 4) is 0 Å². The first-order valence-electron chi connectivity index (χ1n) is 7.74. The van der Waals surface area contributed by atoms with E-state index in [4.69, 9.17) is 0 Å². The molecule has 2 atom stereocenters. The highest BCUT2D eigenvalue weighted by Gasteiger charge is 2.46. The van der Waals surface area contributed by atoms with E-state index < -0.39 is 10.0 Å². The molecule has 0 amide bonds. The van der Waals surface area contributed by atoms with E-state index in [2.05, 4.69) is 16.0 Å². The number of fused-ring (bicyclic) bond motifs is 1. The van der Waals surface area contributed by atoms with Crippen LogP contribution in [0.2, 0.25) is 0 Å². The summed E-state index contributed by atoms with van der Waals surface area (Å²) in [5, 5.41) is 0. The van der Waals surface area contributed by atoms with Gasteiger partial charge in [0.25, 0.3) is 0 Å². The van der Waals surface area contributed by atoms with Crippen LogP contribution in [0.15, 0.2) is 24.5 Å². The van der Waals surface area contributed by atoms with E-state index >= 15 is 0 Å². The molecule has 2 aliphatic heterocycles. The van der Waals surface area contributed by atoms with Gasteiger partial charge >= 0.3 is 0 Å². The minimum atomic E-state index is -3.07. The van der Waals surface area contributed by atoms with E-state index in [-0.39, 0.29) is 11.8 Å². The predicted octanol–water partition coefficient (Wildman–Crippen LogP) is 1.47. The van der Waals surface area contributed by atoms with Gasteiger partial charge in [0.05, 0.1) is 5.75 Å². The second-order valence-corrected chi connectivity index (χ2v) is 8.01. The van der Waals surface area contributed by atoms with Gasteiger partial charge in [0.15, 0.2) is 0 Å². The van der Waals surface area contributed by atoms with Gasteiger partial charge < -0.3 is 0 Å². The highest BCUT2D eigenvalue weighted by Crippen LogP contribution is 2.34. The topological polar surface area (TPSA) is 53.5 Å². The van der Waals surface area contributed by atoms with Gasteiger partial charge in [-0.05, 0) is 30.9 Å². The summed E-state index contributed by atoms with van der Waals surface area (Å²) in [5.41, 5.74) is 1.20. The molecular weight excluding hydrogens is 286 g/mol. The smallest absolute Gasteiger partial charge is 0.214 e. The molecule has 0 saturated carbocycles. The Kier molecular flexibility index (Phi) is 4.28. The van der Waals surface area contributed by atoms with Gasteiger partial charge in [-0.2, -0.15) is 4.31 Å². The van der Waals surface area contributed by atoms with Crippen molar-refractivity contribution in [1.29, 1.82) is 0 Å². The molecule has 0 radical (unpaired) electrons. The lowest BCUT2D eigenvalue weighted by Crippen LogP contribution is -2.40. The van der Waals surface area contributed by atoms with Crippen molar-refractivity contribution in [2.45, 2.75) is 44.8 Å². The molecule has 1 aromatic heterocycles. The van der Waals surface area contributed by atoms with Crippen LogP contribution in [0.4, 0.5) is 0 Å². The van der Waals surface area contributed by atoms with Gasteiger partial charge in [-0.3, -0.25) is 9.88 Å². The summed E-state index contributed by atoms with van der Waals surface area (Å²) in [6, 6.07) is 4.59. The summed E-state index contributed by atoms with van der Waals surface area (Å²) in [6.07, 6.45) is 6.27. The zero-order chi connectivity index (χ0) is 14.9. The molecule has 2 fully saturated rings. The van der Waals surface area contributed by atoms with Crippen LogP contribution in [0.25, 0.3) is 0 Å². The molecule has 0 spiro atoms. The van der Waals surface area contributed by atoms with Gasteiger partial charge in [-0.25, -0.2) is 8.42 Å². The van der Waals surface area contributed by atoms with Gasteiger partial charge in [-0.15, -0.1) is 0 Å². The van der Waals surface area contributed by atoms with Crippen molar-refractivity contribution in [2.75, 3.05) is 18.8 Å². The highest BCUT2D eigenvalue weighted by atomic mass is 32.2. The second-order valence-electron chi connectivity index (χ2n) is 5.97. The van der Waals surface area contributed by atoms with Crippen LogP contribution in [0, 0.1) is 0 Å². The largest absolute Gasteiger partial charge is 0.294 e. The molecular formula is C15H23N3O2S. The van der Waals surface area contributed by atoms with Crippen LogP contribution in [-0.2, 0) is 16.6 Å². The lowest BCUT2D eigenvalue weighted by molar-refractivity contribution is 0.240. The standard InChI is InChI=1S/C15H23N3O2S/c1-2-10-21(19,20)18-9-6-14-15(18)5-8-17(14)12-13-4-3-7-16-11-13/h3-4,7,11,14-15H,2,5-6,8-10,12H2,1H3/t14-,15+/m1/s1. The van der Waals surface area contributed by atoms with E-state index in [0.29, 0.717) is 19.0 Å². The molecule has 0 bridgehead atoms. The molecule has 0 N–H and O–H groups in total. The fraction of sp³-hybridized carbons (Fsp3) is 0.667. The third kappa shape index (κ3) is 2.98. The van der Waals surface area contributed by atoms with Gasteiger partial charge in [0.2, 0.25) is 10.0 Å². The molecule has 0 aromatic carbocycles. The molecule has 2 aliphatic rings. The number of nitrogens with zero attached hydrogens (tertiary/aromatic N) is 3. The first-order chi connectivity index (χ1) is 10.1.